The number of rotatable bonds is 5. The maximum atomic E-state index is 5.78. The Morgan fingerprint density at radius 3 is 3.00 bits per heavy atom. The summed E-state index contributed by atoms with van der Waals surface area (Å²) in [5.74, 6) is 1.67. The van der Waals surface area contributed by atoms with Gasteiger partial charge in [-0.05, 0) is 0 Å². The summed E-state index contributed by atoms with van der Waals surface area (Å²) in [5, 5.41) is 4.45. The molecule has 3 N–H and O–H groups in total. The van der Waals surface area contributed by atoms with Gasteiger partial charge in [-0.2, -0.15) is 4.98 Å². The number of hydrogen-bond acceptors (Lipinski definition) is 6. The molecule has 0 aromatic carbocycles. The van der Waals surface area contributed by atoms with Crippen molar-refractivity contribution in [2.75, 3.05) is 23.3 Å². The molecule has 0 aliphatic heterocycles. The number of nitrogens with two attached hydrogens (primary N) is 1. The minimum Gasteiger partial charge on any atom is -0.369 e. The highest BCUT2D eigenvalue weighted by Gasteiger charge is 2.01. The van der Waals surface area contributed by atoms with E-state index in [1.165, 1.54) is 0 Å². The van der Waals surface area contributed by atoms with Crippen LogP contribution in [0.15, 0.2) is 23.6 Å². The van der Waals surface area contributed by atoms with Crippen LogP contribution in [0.3, 0.4) is 0 Å². The minimum absolute atomic E-state index is 0.168. The average Bonchev–Trinajstić information content (AvgIpc) is 2.69. The number of nitrogens with one attached hydrogen (secondary N) is 1. The summed E-state index contributed by atoms with van der Waals surface area (Å²) in [6.45, 7) is 0.740. The maximum absolute atomic E-state index is 5.78. The van der Waals surface area contributed by atoms with Crippen molar-refractivity contribution in [3.8, 4) is 0 Å². The molecular formula is C10H13ClN6S. The van der Waals surface area contributed by atoms with E-state index in [1.807, 2.05) is 17.8 Å². The Morgan fingerprint density at radius 1 is 1.50 bits per heavy atom. The van der Waals surface area contributed by atoms with E-state index in [2.05, 4.69) is 20.3 Å². The lowest BCUT2D eigenvalue weighted by Gasteiger charge is -2.06. The second-order valence-electron chi connectivity index (χ2n) is 3.53. The molecule has 0 amide bonds. The van der Waals surface area contributed by atoms with Crippen LogP contribution in [0.25, 0.3) is 0 Å². The van der Waals surface area contributed by atoms with E-state index in [9.17, 15) is 0 Å². The monoisotopic (exact) mass is 284 g/mol. The quantitative estimate of drug-likeness (QED) is 0.494. The second-order valence-corrected chi connectivity index (χ2v) is 4.98. The molecule has 2 aromatic heterocycles. The molecule has 2 aromatic rings. The lowest BCUT2D eigenvalue weighted by atomic mass is 10.5. The smallest absolute Gasteiger partial charge is 0.223 e. The van der Waals surface area contributed by atoms with Crippen LogP contribution >= 0.6 is 23.4 Å². The van der Waals surface area contributed by atoms with E-state index in [1.54, 1.807) is 24.0 Å². The summed E-state index contributed by atoms with van der Waals surface area (Å²) in [5.41, 5.74) is 5.50. The van der Waals surface area contributed by atoms with Crippen LogP contribution in [0.1, 0.15) is 0 Å². The molecule has 0 saturated heterocycles. The van der Waals surface area contributed by atoms with Crippen molar-refractivity contribution in [2.45, 2.75) is 5.16 Å². The topological polar surface area (TPSA) is 81.7 Å². The van der Waals surface area contributed by atoms with Crippen molar-refractivity contribution in [2.24, 2.45) is 7.05 Å². The number of thioether (sulfide) groups is 1. The molecule has 18 heavy (non-hydrogen) atoms. The number of aromatic nitrogens is 4. The molecule has 0 saturated carbocycles. The van der Waals surface area contributed by atoms with Crippen LogP contribution < -0.4 is 11.1 Å². The molecule has 0 fully saturated rings. The lowest BCUT2D eigenvalue weighted by Crippen LogP contribution is -2.08. The van der Waals surface area contributed by atoms with Gasteiger partial charge in [0.1, 0.15) is 11.0 Å². The zero-order valence-corrected chi connectivity index (χ0v) is 11.4. The number of nitrogens with zero attached hydrogens (tertiary/aromatic N) is 4. The third-order valence-electron chi connectivity index (χ3n) is 2.13. The second kappa shape index (κ2) is 5.92. The predicted octanol–water partition coefficient (Wildman–Crippen LogP) is 1.65. The first kappa shape index (κ1) is 13.0. The Kier molecular flexibility index (Phi) is 4.27. The first-order valence-electron chi connectivity index (χ1n) is 5.29. The molecule has 0 radical (unpaired) electrons. The van der Waals surface area contributed by atoms with E-state index < -0.39 is 0 Å². The largest absolute Gasteiger partial charge is 0.369 e. The third-order valence-corrected chi connectivity index (χ3v) is 3.38. The molecular weight excluding hydrogens is 272 g/mol. The number of halogens is 1. The first-order chi connectivity index (χ1) is 8.65. The van der Waals surface area contributed by atoms with Crippen LogP contribution in [0.2, 0.25) is 5.15 Å². The Labute approximate surface area is 114 Å². The molecule has 96 valence electrons. The predicted molar refractivity (Wildman–Crippen MR) is 73.9 cm³/mol. The van der Waals surface area contributed by atoms with Crippen molar-refractivity contribution in [3.05, 3.63) is 23.6 Å². The third kappa shape index (κ3) is 3.51. The Bertz CT molecular complexity index is 509. The molecule has 0 atom stereocenters. The first-order valence-corrected chi connectivity index (χ1v) is 6.65. The number of nitrogen functional groups attached to an aromatic ring is 1. The fraction of sp³-hybridized carbons (Fsp3) is 0.300. The van der Waals surface area contributed by atoms with Crippen LogP contribution in [0, 0.1) is 0 Å². The molecule has 2 rings (SSSR count). The van der Waals surface area contributed by atoms with E-state index in [0.717, 1.165) is 17.5 Å². The van der Waals surface area contributed by atoms with E-state index >= 15 is 0 Å². The molecule has 0 spiro atoms. The van der Waals surface area contributed by atoms with Gasteiger partial charge in [0.2, 0.25) is 5.95 Å². The summed E-state index contributed by atoms with van der Waals surface area (Å²) in [7, 11) is 1.97. The average molecular weight is 285 g/mol. The van der Waals surface area contributed by atoms with Crippen molar-refractivity contribution < 1.29 is 0 Å². The maximum Gasteiger partial charge on any atom is 0.223 e. The van der Waals surface area contributed by atoms with Gasteiger partial charge in [-0.3, -0.25) is 0 Å². The van der Waals surface area contributed by atoms with Gasteiger partial charge >= 0.3 is 0 Å². The lowest BCUT2D eigenvalue weighted by molar-refractivity contribution is 0.790. The highest BCUT2D eigenvalue weighted by atomic mass is 35.5. The van der Waals surface area contributed by atoms with E-state index in [-0.39, 0.29) is 5.95 Å². The van der Waals surface area contributed by atoms with Crippen molar-refractivity contribution >= 4 is 35.1 Å². The van der Waals surface area contributed by atoms with E-state index in [0.29, 0.717) is 11.0 Å². The summed E-state index contributed by atoms with van der Waals surface area (Å²) >= 11 is 7.44. The number of anilines is 2. The standard InChI is InChI=1S/C10H13ClN6S/c1-17-4-2-14-10(17)18-5-3-13-8-6-7(11)15-9(12)16-8/h2,4,6H,3,5H2,1H3,(H3,12,13,15,16). The molecule has 0 aliphatic carbocycles. The van der Waals surface area contributed by atoms with Gasteiger partial charge in [-0.25, -0.2) is 9.97 Å². The fourth-order valence-corrected chi connectivity index (χ4v) is 2.31. The Balaban J connectivity index is 1.80. The van der Waals surface area contributed by atoms with Crippen LogP contribution in [-0.2, 0) is 7.05 Å². The van der Waals surface area contributed by atoms with Crippen LogP contribution in [0.5, 0.6) is 0 Å². The van der Waals surface area contributed by atoms with Gasteiger partial charge < -0.3 is 15.6 Å². The Hall–Kier alpha value is -1.47. The van der Waals surface area contributed by atoms with Gasteiger partial charge in [0, 0.05) is 37.8 Å². The summed E-state index contributed by atoms with van der Waals surface area (Å²) in [4.78, 5) is 12.0. The van der Waals surface area contributed by atoms with Gasteiger partial charge in [-0.15, -0.1) is 0 Å². The van der Waals surface area contributed by atoms with E-state index in [4.69, 9.17) is 17.3 Å². The van der Waals surface area contributed by atoms with Gasteiger partial charge in [-0.1, -0.05) is 23.4 Å². The van der Waals surface area contributed by atoms with Crippen molar-refractivity contribution in [1.29, 1.82) is 0 Å². The molecule has 6 nitrogen and oxygen atoms in total. The molecule has 0 bridgehead atoms. The van der Waals surface area contributed by atoms with Gasteiger partial charge in [0.05, 0.1) is 0 Å². The summed E-state index contributed by atoms with van der Waals surface area (Å²) < 4.78 is 1.98. The molecule has 0 aliphatic rings. The fourth-order valence-electron chi connectivity index (χ4n) is 1.34. The van der Waals surface area contributed by atoms with Crippen molar-refractivity contribution in [1.82, 2.24) is 19.5 Å². The highest BCUT2D eigenvalue weighted by Crippen LogP contribution is 2.15. The van der Waals surface area contributed by atoms with Crippen LogP contribution in [-0.4, -0.2) is 31.8 Å². The molecule has 2 heterocycles. The molecule has 8 heteroatoms. The van der Waals surface area contributed by atoms with Crippen molar-refractivity contribution in [3.63, 3.8) is 0 Å². The Morgan fingerprint density at radius 2 is 2.33 bits per heavy atom. The number of hydrogen-bond donors (Lipinski definition) is 2. The summed E-state index contributed by atoms with van der Waals surface area (Å²) in [6, 6.07) is 1.64. The van der Waals surface area contributed by atoms with Gasteiger partial charge in [0.15, 0.2) is 5.16 Å². The highest BCUT2D eigenvalue weighted by molar-refractivity contribution is 7.99. The molecule has 0 unspecified atom stereocenters. The minimum atomic E-state index is 0.168. The zero-order valence-electron chi connectivity index (χ0n) is 9.80. The summed E-state index contributed by atoms with van der Waals surface area (Å²) in [6.07, 6.45) is 3.70. The SMILES string of the molecule is Cn1ccnc1SCCNc1cc(Cl)nc(N)n1. The number of imidazole rings is 1. The van der Waals surface area contributed by atoms with Crippen LogP contribution in [0.4, 0.5) is 11.8 Å². The van der Waals surface area contributed by atoms with Gasteiger partial charge in [0.25, 0.3) is 0 Å². The zero-order chi connectivity index (χ0) is 13.0. The number of aryl methyl sites for hydroxylation is 1. The normalized spacial score (nSPS) is 10.6.